The lowest BCUT2D eigenvalue weighted by molar-refractivity contribution is -0.126. The lowest BCUT2D eigenvalue weighted by Crippen LogP contribution is -2.43. The van der Waals surface area contributed by atoms with Crippen molar-refractivity contribution < 1.29 is 4.79 Å². The summed E-state index contributed by atoms with van der Waals surface area (Å²) in [6, 6.07) is 14.3. The molecule has 29 heavy (non-hydrogen) atoms. The molecule has 1 amide bonds. The summed E-state index contributed by atoms with van der Waals surface area (Å²) in [7, 11) is 0. The smallest absolute Gasteiger partial charge is 0.224 e. The minimum absolute atomic E-state index is 0.0632. The average Bonchev–Trinajstić information content (AvgIpc) is 2.71. The Labute approximate surface area is 188 Å². The van der Waals surface area contributed by atoms with E-state index in [1.807, 2.05) is 30.0 Å². The van der Waals surface area contributed by atoms with Crippen molar-refractivity contribution in [2.75, 3.05) is 25.4 Å². The van der Waals surface area contributed by atoms with Gasteiger partial charge in [0.2, 0.25) is 5.91 Å². The van der Waals surface area contributed by atoms with Gasteiger partial charge in [0.25, 0.3) is 0 Å². The normalized spacial score (nSPS) is 17.3. The molecular weight excluding hydrogens is 423 g/mol. The number of benzene rings is 2. The van der Waals surface area contributed by atoms with E-state index >= 15 is 0 Å². The number of halogens is 2. The Morgan fingerprint density at radius 2 is 2.03 bits per heavy atom. The Balaban J connectivity index is 1.38. The summed E-state index contributed by atoms with van der Waals surface area (Å²) >= 11 is 14.0. The number of amides is 1. The molecule has 0 radical (unpaired) electrons. The van der Waals surface area contributed by atoms with Crippen molar-refractivity contribution in [3.05, 3.63) is 69.2 Å². The Morgan fingerprint density at radius 3 is 2.83 bits per heavy atom. The van der Waals surface area contributed by atoms with E-state index < -0.39 is 0 Å². The van der Waals surface area contributed by atoms with Gasteiger partial charge in [0.1, 0.15) is 0 Å². The Morgan fingerprint density at radius 1 is 1.17 bits per heavy atom. The average molecular weight is 451 g/mol. The zero-order valence-electron chi connectivity index (χ0n) is 16.8. The lowest BCUT2D eigenvalue weighted by Gasteiger charge is -2.32. The molecule has 1 N–H and O–H groups in total. The highest BCUT2D eigenvalue weighted by Gasteiger charge is 2.25. The van der Waals surface area contributed by atoms with Gasteiger partial charge in [-0.2, -0.15) is 11.8 Å². The van der Waals surface area contributed by atoms with Gasteiger partial charge in [-0.25, -0.2) is 0 Å². The molecule has 1 fully saturated rings. The van der Waals surface area contributed by atoms with Crippen LogP contribution in [0, 0.1) is 12.8 Å². The van der Waals surface area contributed by atoms with Crippen LogP contribution in [-0.4, -0.2) is 36.2 Å². The van der Waals surface area contributed by atoms with Gasteiger partial charge >= 0.3 is 0 Å². The fourth-order valence-electron chi connectivity index (χ4n) is 3.69. The number of carbonyl (C=O) groups excluding carboxylic acids is 1. The minimum Gasteiger partial charge on any atom is -0.355 e. The van der Waals surface area contributed by atoms with Crippen molar-refractivity contribution in [2.45, 2.75) is 32.1 Å². The molecule has 0 aliphatic carbocycles. The maximum Gasteiger partial charge on any atom is 0.224 e. The standard InChI is InChI=1S/C23H28Cl2N2OS/c1-17-4-2-5-19(12-17)16-29-11-9-26-23(28)20-6-3-10-27(15-20)14-18-7-8-21(24)22(25)13-18/h2,4-5,7-8,12-13,20H,3,6,9-11,14-16H2,1H3,(H,26,28). The van der Waals surface area contributed by atoms with Crippen LogP contribution in [0.3, 0.4) is 0 Å². The van der Waals surface area contributed by atoms with E-state index in [1.54, 1.807) is 0 Å². The van der Waals surface area contributed by atoms with Gasteiger partial charge in [-0.15, -0.1) is 0 Å². The van der Waals surface area contributed by atoms with E-state index in [2.05, 4.69) is 41.4 Å². The SMILES string of the molecule is Cc1cccc(CSCCNC(=O)C2CCCN(Cc3ccc(Cl)c(Cl)c3)C2)c1. The summed E-state index contributed by atoms with van der Waals surface area (Å²) < 4.78 is 0. The van der Waals surface area contributed by atoms with Crippen LogP contribution in [0.4, 0.5) is 0 Å². The highest BCUT2D eigenvalue weighted by atomic mass is 35.5. The highest BCUT2D eigenvalue weighted by Crippen LogP contribution is 2.25. The summed E-state index contributed by atoms with van der Waals surface area (Å²) in [4.78, 5) is 14.9. The second-order valence-electron chi connectivity index (χ2n) is 7.66. The maximum absolute atomic E-state index is 12.6. The van der Waals surface area contributed by atoms with Gasteiger partial charge in [-0.05, 0) is 49.6 Å². The van der Waals surface area contributed by atoms with Crippen LogP contribution in [0.5, 0.6) is 0 Å². The van der Waals surface area contributed by atoms with Gasteiger partial charge in [-0.3, -0.25) is 9.69 Å². The second-order valence-corrected chi connectivity index (χ2v) is 9.57. The van der Waals surface area contributed by atoms with Crippen LogP contribution in [0.1, 0.15) is 29.5 Å². The quantitative estimate of drug-likeness (QED) is 0.533. The molecule has 0 bridgehead atoms. The van der Waals surface area contributed by atoms with Crippen molar-refractivity contribution in [2.24, 2.45) is 5.92 Å². The third-order valence-corrected chi connectivity index (χ3v) is 6.93. The fraction of sp³-hybridized carbons (Fsp3) is 0.435. The Bertz CT molecular complexity index is 830. The van der Waals surface area contributed by atoms with Crippen molar-refractivity contribution in [3.8, 4) is 0 Å². The van der Waals surface area contributed by atoms with Crippen LogP contribution in [0.15, 0.2) is 42.5 Å². The first kappa shape index (κ1) is 22.5. The largest absolute Gasteiger partial charge is 0.355 e. The molecule has 0 aromatic heterocycles. The molecule has 0 saturated carbocycles. The van der Waals surface area contributed by atoms with Gasteiger partial charge in [-0.1, -0.05) is 59.1 Å². The van der Waals surface area contributed by atoms with Gasteiger partial charge in [0.15, 0.2) is 0 Å². The molecular formula is C23H28Cl2N2OS. The van der Waals surface area contributed by atoms with Gasteiger partial charge < -0.3 is 5.32 Å². The zero-order chi connectivity index (χ0) is 20.6. The summed E-state index contributed by atoms with van der Waals surface area (Å²) in [5.41, 5.74) is 3.76. The lowest BCUT2D eigenvalue weighted by atomic mass is 9.96. The molecule has 1 aliphatic heterocycles. The number of aryl methyl sites for hydroxylation is 1. The van der Waals surface area contributed by atoms with Gasteiger partial charge in [0.05, 0.1) is 16.0 Å². The molecule has 2 aromatic carbocycles. The van der Waals surface area contributed by atoms with Gasteiger partial charge in [0, 0.05) is 31.1 Å². The molecule has 0 spiro atoms. The first-order chi connectivity index (χ1) is 14.0. The second kappa shape index (κ2) is 11.3. The molecule has 1 saturated heterocycles. The fourth-order valence-corrected chi connectivity index (χ4v) is 4.82. The third-order valence-electron chi connectivity index (χ3n) is 5.16. The first-order valence-corrected chi connectivity index (χ1v) is 12.0. The number of nitrogens with one attached hydrogen (secondary N) is 1. The Hall–Kier alpha value is -1.20. The maximum atomic E-state index is 12.6. The number of piperidine rings is 1. The highest BCUT2D eigenvalue weighted by molar-refractivity contribution is 7.98. The van der Waals surface area contributed by atoms with E-state index in [1.165, 1.54) is 11.1 Å². The summed E-state index contributed by atoms with van der Waals surface area (Å²) in [6.45, 7) is 5.44. The van der Waals surface area contributed by atoms with Crippen molar-refractivity contribution in [3.63, 3.8) is 0 Å². The van der Waals surface area contributed by atoms with E-state index in [0.717, 1.165) is 56.1 Å². The monoisotopic (exact) mass is 450 g/mol. The molecule has 1 aliphatic rings. The number of hydrogen-bond acceptors (Lipinski definition) is 3. The molecule has 1 atom stereocenters. The van der Waals surface area contributed by atoms with Crippen LogP contribution < -0.4 is 5.32 Å². The molecule has 2 aromatic rings. The number of carbonyl (C=O) groups is 1. The van der Waals surface area contributed by atoms with Crippen LogP contribution >= 0.6 is 35.0 Å². The minimum atomic E-state index is 0.0632. The predicted molar refractivity (Wildman–Crippen MR) is 125 cm³/mol. The molecule has 3 rings (SSSR count). The summed E-state index contributed by atoms with van der Waals surface area (Å²) in [5, 5.41) is 4.28. The topological polar surface area (TPSA) is 32.3 Å². The molecule has 1 unspecified atom stereocenters. The van der Waals surface area contributed by atoms with Crippen molar-refractivity contribution in [1.29, 1.82) is 0 Å². The number of hydrogen-bond donors (Lipinski definition) is 1. The molecule has 156 valence electrons. The van der Waals surface area contributed by atoms with E-state index in [4.69, 9.17) is 23.2 Å². The first-order valence-electron chi connectivity index (χ1n) is 10.1. The molecule has 3 nitrogen and oxygen atoms in total. The van der Waals surface area contributed by atoms with E-state index in [9.17, 15) is 4.79 Å². The van der Waals surface area contributed by atoms with Crippen molar-refractivity contribution >= 4 is 40.9 Å². The number of thioether (sulfide) groups is 1. The number of rotatable bonds is 8. The summed E-state index contributed by atoms with van der Waals surface area (Å²) in [5.74, 6) is 2.16. The summed E-state index contributed by atoms with van der Waals surface area (Å²) in [6.07, 6.45) is 2.00. The van der Waals surface area contributed by atoms with Crippen LogP contribution in [0.25, 0.3) is 0 Å². The zero-order valence-corrected chi connectivity index (χ0v) is 19.1. The number of likely N-dealkylation sites (tertiary alicyclic amines) is 1. The molecule has 1 heterocycles. The third kappa shape index (κ3) is 7.21. The van der Waals surface area contributed by atoms with Crippen molar-refractivity contribution in [1.82, 2.24) is 10.2 Å². The predicted octanol–water partition coefficient (Wildman–Crippen LogP) is 5.56. The van der Waals surface area contributed by atoms with Crippen LogP contribution in [-0.2, 0) is 17.1 Å². The Kier molecular flexibility index (Phi) is 8.73. The number of nitrogens with zero attached hydrogens (tertiary/aromatic N) is 1. The molecule has 6 heteroatoms. The van der Waals surface area contributed by atoms with E-state index in [-0.39, 0.29) is 11.8 Å². The van der Waals surface area contributed by atoms with E-state index in [0.29, 0.717) is 10.0 Å². The van der Waals surface area contributed by atoms with Crippen LogP contribution in [0.2, 0.25) is 10.0 Å².